The number of phenols is 2. The fourth-order valence-corrected chi connectivity index (χ4v) is 1.99. The van der Waals surface area contributed by atoms with E-state index in [2.05, 4.69) is 0 Å². The molecular weight excluding hydrogens is 272 g/mol. The van der Waals surface area contributed by atoms with Crippen molar-refractivity contribution >= 4 is 11.9 Å². The van der Waals surface area contributed by atoms with Crippen molar-refractivity contribution in [3.05, 3.63) is 53.6 Å². The van der Waals surface area contributed by atoms with E-state index in [4.69, 9.17) is 9.47 Å². The number of ketones is 1. The molecule has 1 heterocycles. The molecule has 0 unspecified atom stereocenters. The van der Waals surface area contributed by atoms with Crippen molar-refractivity contribution in [2.75, 3.05) is 6.79 Å². The van der Waals surface area contributed by atoms with Gasteiger partial charge in [0, 0.05) is 11.1 Å². The van der Waals surface area contributed by atoms with Gasteiger partial charge in [-0.05, 0) is 48.6 Å². The van der Waals surface area contributed by atoms with Gasteiger partial charge in [-0.1, -0.05) is 0 Å². The molecule has 106 valence electrons. The van der Waals surface area contributed by atoms with Crippen LogP contribution in [0.3, 0.4) is 0 Å². The molecule has 0 amide bonds. The van der Waals surface area contributed by atoms with Crippen LogP contribution in [-0.4, -0.2) is 22.8 Å². The Morgan fingerprint density at radius 1 is 1.05 bits per heavy atom. The van der Waals surface area contributed by atoms with Crippen LogP contribution in [0.1, 0.15) is 15.9 Å². The summed E-state index contributed by atoms with van der Waals surface area (Å²) in [7, 11) is 0. The van der Waals surface area contributed by atoms with Gasteiger partial charge in [-0.25, -0.2) is 0 Å². The highest BCUT2D eigenvalue weighted by molar-refractivity contribution is 6.07. The van der Waals surface area contributed by atoms with Crippen molar-refractivity contribution in [1.82, 2.24) is 0 Å². The molecule has 1 aliphatic heterocycles. The maximum atomic E-state index is 12.1. The molecule has 5 nitrogen and oxygen atoms in total. The molecule has 1 aliphatic rings. The fraction of sp³-hybridized carbons (Fsp3) is 0.0625. The topological polar surface area (TPSA) is 76.0 Å². The van der Waals surface area contributed by atoms with Crippen molar-refractivity contribution in [3.63, 3.8) is 0 Å². The van der Waals surface area contributed by atoms with Crippen LogP contribution in [0.5, 0.6) is 23.0 Å². The first kappa shape index (κ1) is 13.1. The molecule has 0 aromatic heterocycles. The number of fused-ring (bicyclic) bond motifs is 1. The van der Waals surface area contributed by atoms with Gasteiger partial charge in [0.15, 0.2) is 17.3 Å². The Bertz CT molecular complexity index is 733. The standard InChI is InChI=1S/C16H12O5/c17-12-3-5-14(19)10(7-12)1-4-13(18)11-2-6-15-16(8-11)21-9-20-15/h1-8,17,19H,9H2/b4-1+. The zero-order valence-corrected chi connectivity index (χ0v) is 10.9. The average molecular weight is 284 g/mol. The monoisotopic (exact) mass is 284 g/mol. The van der Waals surface area contributed by atoms with E-state index in [1.165, 1.54) is 30.4 Å². The predicted octanol–water partition coefficient (Wildman–Crippen LogP) is 2.72. The lowest BCUT2D eigenvalue weighted by Gasteiger charge is -2.01. The molecule has 3 rings (SSSR count). The van der Waals surface area contributed by atoms with Crippen molar-refractivity contribution in [2.45, 2.75) is 0 Å². The smallest absolute Gasteiger partial charge is 0.231 e. The van der Waals surface area contributed by atoms with E-state index < -0.39 is 0 Å². The Hall–Kier alpha value is -2.95. The van der Waals surface area contributed by atoms with Crippen molar-refractivity contribution in [3.8, 4) is 23.0 Å². The third kappa shape index (κ3) is 2.67. The second-order valence-electron chi connectivity index (χ2n) is 4.51. The molecule has 2 aromatic carbocycles. The molecular formula is C16H12O5. The number of ether oxygens (including phenoxy) is 2. The third-order valence-electron chi connectivity index (χ3n) is 3.08. The van der Waals surface area contributed by atoms with E-state index in [1.807, 2.05) is 0 Å². The van der Waals surface area contributed by atoms with Crippen molar-refractivity contribution in [2.24, 2.45) is 0 Å². The quantitative estimate of drug-likeness (QED) is 0.515. The molecule has 2 N–H and O–H groups in total. The number of phenolic OH excluding ortho intramolecular Hbond substituents is 2. The molecule has 21 heavy (non-hydrogen) atoms. The van der Waals surface area contributed by atoms with Crippen LogP contribution >= 0.6 is 0 Å². The second-order valence-corrected chi connectivity index (χ2v) is 4.51. The van der Waals surface area contributed by atoms with Gasteiger partial charge in [-0.15, -0.1) is 0 Å². The summed E-state index contributed by atoms with van der Waals surface area (Å²) in [6.07, 6.45) is 2.77. The van der Waals surface area contributed by atoms with Crippen LogP contribution in [0.15, 0.2) is 42.5 Å². The van der Waals surface area contributed by atoms with Crippen LogP contribution < -0.4 is 9.47 Å². The number of carbonyl (C=O) groups is 1. The van der Waals surface area contributed by atoms with Gasteiger partial charge in [0.2, 0.25) is 6.79 Å². The summed E-state index contributed by atoms with van der Waals surface area (Å²) in [5.41, 5.74) is 0.819. The van der Waals surface area contributed by atoms with Crippen LogP contribution in [0.2, 0.25) is 0 Å². The molecule has 5 heteroatoms. The Balaban J connectivity index is 1.83. The summed E-state index contributed by atoms with van der Waals surface area (Å²) >= 11 is 0. The number of aromatic hydroxyl groups is 2. The molecule has 0 aliphatic carbocycles. The first-order chi connectivity index (χ1) is 10.1. The maximum Gasteiger partial charge on any atom is 0.231 e. The minimum absolute atomic E-state index is 0.0115. The van der Waals surface area contributed by atoms with E-state index >= 15 is 0 Å². The van der Waals surface area contributed by atoms with E-state index in [-0.39, 0.29) is 24.1 Å². The Morgan fingerprint density at radius 3 is 2.71 bits per heavy atom. The van der Waals surface area contributed by atoms with E-state index in [1.54, 1.807) is 18.2 Å². The van der Waals surface area contributed by atoms with Crippen molar-refractivity contribution in [1.29, 1.82) is 0 Å². The first-order valence-electron chi connectivity index (χ1n) is 6.27. The Labute approximate surface area is 120 Å². The summed E-state index contributed by atoms with van der Waals surface area (Å²) in [5, 5.41) is 19.0. The molecule has 0 fully saturated rings. The molecule has 0 saturated carbocycles. The molecule has 0 atom stereocenters. The number of rotatable bonds is 3. The van der Waals surface area contributed by atoms with E-state index in [0.29, 0.717) is 22.6 Å². The highest BCUT2D eigenvalue weighted by Crippen LogP contribution is 2.32. The number of hydrogen-bond donors (Lipinski definition) is 2. The SMILES string of the molecule is O=C(/C=C/c1cc(O)ccc1O)c1ccc2c(c1)OCO2. The summed E-state index contributed by atoms with van der Waals surface area (Å²) in [4.78, 5) is 12.1. The van der Waals surface area contributed by atoms with Gasteiger partial charge in [0.05, 0.1) is 0 Å². The van der Waals surface area contributed by atoms with E-state index in [0.717, 1.165) is 0 Å². The lowest BCUT2D eigenvalue weighted by molar-refractivity contribution is 0.104. The van der Waals surface area contributed by atoms with Crippen LogP contribution in [0.25, 0.3) is 6.08 Å². The predicted molar refractivity (Wildman–Crippen MR) is 75.7 cm³/mol. The minimum Gasteiger partial charge on any atom is -0.508 e. The van der Waals surface area contributed by atoms with Crippen LogP contribution in [0, 0.1) is 0 Å². The van der Waals surface area contributed by atoms with Gasteiger partial charge in [0.1, 0.15) is 11.5 Å². The van der Waals surface area contributed by atoms with Crippen LogP contribution in [0.4, 0.5) is 0 Å². The summed E-state index contributed by atoms with van der Waals surface area (Å²) in [6, 6.07) is 9.03. The average Bonchev–Trinajstić information content (AvgIpc) is 2.95. The zero-order valence-electron chi connectivity index (χ0n) is 10.9. The summed E-state index contributed by atoms with van der Waals surface area (Å²) in [6.45, 7) is 0.153. The summed E-state index contributed by atoms with van der Waals surface area (Å²) in [5.74, 6) is 0.914. The Kier molecular flexibility index (Phi) is 3.23. The highest BCUT2D eigenvalue weighted by atomic mass is 16.7. The van der Waals surface area contributed by atoms with Crippen molar-refractivity contribution < 1.29 is 24.5 Å². The number of carbonyl (C=O) groups excluding carboxylic acids is 1. The van der Waals surface area contributed by atoms with Gasteiger partial charge >= 0.3 is 0 Å². The zero-order chi connectivity index (χ0) is 14.8. The van der Waals surface area contributed by atoms with Gasteiger partial charge in [-0.3, -0.25) is 4.79 Å². The third-order valence-corrected chi connectivity index (χ3v) is 3.08. The number of allylic oxidation sites excluding steroid dienone is 1. The van der Waals surface area contributed by atoms with Gasteiger partial charge < -0.3 is 19.7 Å². The van der Waals surface area contributed by atoms with E-state index in [9.17, 15) is 15.0 Å². The first-order valence-corrected chi connectivity index (χ1v) is 6.27. The lowest BCUT2D eigenvalue weighted by atomic mass is 10.1. The molecule has 2 aromatic rings. The molecule has 0 bridgehead atoms. The van der Waals surface area contributed by atoms with Gasteiger partial charge in [0.25, 0.3) is 0 Å². The maximum absolute atomic E-state index is 12.1. The molecule has 0 saturated heterocycles. The second kappa shape index (κ2) is 5.20. The fourth-order valence-electron chi connectivity index (χ4n) is 1.99. The van der Waals surface area contributed by atoms with Gasteiger partial charge in [-0.2, -0.15) is 0 Å². The highest BCUT2D eigenvalue weighted by Gasteiger charge is 2.15. The number of benzene rings is 2. The molecule has 0 spiro atoms. The normalized spacial score (nSPS) is 12.8. The minimum atomic E-state index is -0.240. The Morgan fingerprint density at radius 2 is 1.86 bits per heavy atom. The molecule has 0 radical (unpaired) electrons. The van der Waals surface area contributed by atoms with Crippen LogP contribution in [-0.2, 0) is 0 Å². The lowest BCUT2D eigenvalue weighted by Crippen LogP contribution is -1.94. The largest absolute Gasteiger partial charge is 0.508 e. The number of hydrogen-bond acceptors (Lipinski definition) is 5. The summed E-state index contributed by atoms with van der Waals surface area (Å²) < 4.78 is 10.4.